The van der Waals surface area contributed by atoms with E-state index in [4.69, 9.17) is 5.11 Å². The first-order chi connectivity index (χ1) is 9.16. The molecule has 1 saturated heterocycles. The third-order valence-corrected chi connectivity index (χ3v) is 3.78. The fourth-order valence-corrected chi connectivity index (χ4v) is 2.63. The first-order valence-electron chi connectivity index (χ1n) is 5.67. The molecule has 1 aliphatic rings. The van der Waals surface area contributed by atoms with Crippen molar-refractivity contribution in [3.05, 3.63) is 29.0 Å². The van der Waals surface area contributed by atoms with Gasteiger partial charge in [-0.3, -0.25) is 4.79 Å². The maximum absolute atomic E-state index is 14.3. The highest BCUT2D eigenvalue weighted by Gasteiger charge is 2.35. The summed E-state index contributed by atoms with van der Waals surface area (Å²) >= 11 is 1.46. The van der Waals surface area contributed by atoms with Gasteiger partial charge in [-0.2, -0.15) is 11.3 Å². The first kappa shape index (κ1) is 12.0. The lowest BCUT2D eigenvalue weighted by atomic mass is 10.0. The zero-order chi connectivity index (χ0) is 13.4. The van der Waals surface area contributed by atoms with E-state index >= 15 is 0 Å². The van der Waals surface area contributed by atoms with Crippen LogP contribution in [-0.2, 0) is 4.79 Å². The number of halogens is 1. The highest BCUT2D eigenvalue weighted by atomic mass is 32.1. The van der Waals surface area contributed by atoms with Crippen molar-refractivity contribution in [3.8, 4) is 11.3 Å². The Hall–Kier alpha value is -2.02. The number of carboxylic acid groups (broad SMARTS) is 1. The van der Waals surface area contributed by atoms with E-state index in [1.54, 1.807) is 11.0 Å². The summed E-state index contributed by atoms with van der Waals surface area (Å²) in [7, 11) is 0. The Labute approximate surface area is 112 Å². The van der Waals surface area contributed by atoms with E-state index in [1.165, 1.54) is 17.7 Å². The molecule has 19 heavy (non-hydrogen) atoms. The highest BCUT2D eigenvalue weighted by molar-refractivity contribution is 7.08. The van der Waals surface area contributed by atoms with Crippen molar-refractivity contribution in [3.63, 3.8) is 0 Å². The lowest BCUT2D eigenvalue weighted by Gasteiger charge is -2.37. The standard InChI is InChI=1S/C12H10FN3O2S/c13-9-10(7-1-2-19-5-7)14-6-15-11(9)16-3-8(4-16)12(17)18/h1-2,5-6,8H,3-4H2,(H,17,18). The Kier molecular flexibility index (Phi) is 2.90. The number of rotatable bonds is 3. The quantitative estimate of drug-likeness (QED) is 0.929. The lowest BCUT2D eigenvalue weighted by Crippen LogP contribution is -2.51. The molecular weight excluding hydrogens is 269 g/mol. The number of carboxylic acids is 1. The van der Waals surface area contributed by atoms with Crippen LogP contribution in [0.2, 0.25) is 0 Å². The Balaban J connectivity index is 1.88. The normalized spacial score (nSPS) is 15.3. The van der Waals surface area contributed by atoms with Crippen LogP contribution < -0.4 is 4.90 Å². The molecule has 0 bridgehead atoms. The summed E-state index contributed by atoms with van der Waals surface area (Å²) < 4.78 is 14.3. The van der Waals surface area contributed by atoms with E-state index < -0.39 is 17.7 Å². The van der Waals surface area contributed by atoms with Gasteiger partial charge in [0.15, 0.2) is 11.6 Å². The van der Waals surface area contributed by atoms with Gasteiger partial charge in [-0.05, 0) is 11.4 Å². The summed E-state index contributed by atoms with van der Waals surface area (Å²) in [6.45, 7) is 0.568. The van der Waals surface area contributed by atoms with E-state index in [9.17, 15) is 9.18 Å². The van der Waals surface area contributed by atoms with Crippen LogP contribution in [0, 0.1) is 11.7 Å². The van der Waals surface area contributed by atoms with Crippen molar-refractivity contribution in [1.82, 2.24) is 9.97 Å². The maximum atomic E-state index is 14.3. The Morgan fingerprint density at radius 1 is 1.47 bits per heavy atom. The molecular formula is C12H10FN3O2S. The van der Waals surface area contributed by atoms with Gasteiger partial charge in [-0.15, -0.1) is 0 Å². The van der Waals surface area contributed by atoms with Crippen molar-refractivity contribution in [2.24, 2.45) is 5.92 Å². The number of anilines is 1. The second-order valence-corrected chi connectivity index (χ2v) is 5.09. The third-order valence-electron chi connectivity index (χ3n) is 3.10. The molecule has 2 aromatic heterocycles. The summed E-state index contributed by atoms with van der Waals surface area (Å²) in [4.78, 5) is 20.2. The molecule has 1 N–H and O–H groups in total. The number of hydrogen-bond donors (Lipinski definition) is 1. The van der Waals surface area contributed by atoms with Crippen molar-refractivity contribution in [2.45, 2.75) is 0 Å². The summed E-state index contributed by atoms with van der Waals surface area (Å²) in [5, 5.41) is 12.5. The largest absolute Gasteiger partial charge is 0.481 e. The molecule has 0 aromatic carbocycles. The lowest BCUT2D eigenvalue weighted by molar-refractivity contribution is -0.142. The van der Waals surface area contributed by atoms with Crippen LogP contribution in [0.4, 0.5) is 10.2 Å². The van der Waals surface area contributed by atoms with Crippen LogP contribution in [0.5, 0.6) is 0 Å². The molecule has 5 nitrogen and oxygen atoms in total. The van der Waals surface area contributed by atoms with E-state index in [2.05, 4.69) is 9.97 Å². The van der Waals surface area contributed by atoms with E-state index in [0.717, 1.165) is 0 Å². The smallest absolute Gasteiger partial charge is 0.310 e. The third kappa shape index (κ3) is 2.06. The monoisotopic (exact) mass is 279 g/mol. The van der Waals surface area contributed by atoms with Crippen LogP contribution in [0.3, 0.4) is 0 Å². The number of nitrogens with zero attached hydrogens (tertiary/aromatic N) is 3. The first-order valence-corrected chi connectivity index (χ1v) is 6.62. The SMILES string of the molecule is O=C(O)C1CN(c2ncnc(-c3ccsc3)c2F)C1. The predicted octanol–water partition coefficient (Wildman–Crippen LogP) is 1.86. The van der Waals surface area contributed by atoms with Gasteiger partial charge in [0, 0.05) is 24.0 Å². The fourth-order valence-electron chi connectivity index (χ4n) is 1.99. The molecule has 3 heterocycles. The molecule has 2 aromatic rings. The minimum atomic E-state index is -0.858. The summed E-state index contributed by atoms with van der Waals surface area (Å²) in [5.74, 6) is -1.62. The predicted molar refractivity (Wildman–Crippen MR) is 68.6 cm³/mol. The Morgan fingerprint density at radius 3 is 2.89 bits per heavy atom. The average Bonchev–Trinajstić information content (AvgIpc) is 2.82. The highest BCUT2D eigenvalue weighted by Crippen LogP contribution is 2.30. The molecule has 1 aliphatic heterocycles. The molecule has 3 rings (SSSR count). The summed E-state index contributed by atoms with van der Waals surface area (Å²) in [6, 6.07) is 1.79. The van der Waals surface area contributed by atoms with Crippen LogP contribution in [0.15, 0.2) is 23.2 Å². The van der Waals surface area contributed by atoms with Gasteiger partial charge in [-0.25, -0.2) is 14.4 Å². The number of aliphatic carboxylic acids is 1. The molecule has 0 amide bonds. The zero-order valence-electron chi connectivity index (χ0n) is 9.78. The van der Waals surface area contributed by atoms with E-state index in [-0.39, 0.29) is 24.6 Å². The molecule has 0 radical (unpaired) electrons. The topological polar surface area (TPSA) is 66.3 Å². The van der Waals surface area contributed by atoms with Gasteiger partial charge >= 0.3 is 5.97 Å². The van der Waals surface area contributed by atoms with Gasteiger partial charge in [0.25, 0.3) is 0 Å². The van der Waals surface area contributed by atoms with Crippen LogP contribution in [-0.4, -0.2) is 34.1 Å². The van der Waals surface area contributed by atoms with Gasteiger partial charge in [0.2, 0.25) is 0 Å². The van der Waals surface area contributed by atoms with E-state index in [0.29, 0.717) is 5.56 Å². The van der Waals surface area contributed by atoms with Gasteiger partial charge in [0.05, 0.1) is 5.92 Å². The molecule has 0 spiro atoms. The van der Waals surface area contributed by atoms with Crippen molar-refractivity contribution in [2.75, 3.05) is 18.0 Å². The molecule has 98 valence electrons. The number of carbonyl (C=O) groups is 1. The van der Waals surface area contributed by atoms with Crippen LogP contribution in [0.1, 0.15) is 0 Å². The Bertz CT molecular complexity index is 611. The van der Waals surface area contributed by atoms with Crippen molar-refractivity contribution >= 4 is 23.1 Å². The average molecular weight is 279 g/mol. The van der Waals surface area contributed by atoms with Crippen molar-refractivity contribution < 1.29 is 14.3 Å². The minimum absolute atomic E-state index is 0.175. The number of aromatic nitrogens is 2. The van der Waals surface area contributed by atoms with Crippen LogP contribution >= 0.6 is 11.3 Å². The molecule has 7 heteroatoms. The van der Waals surface area contributed by atoms with Gasteiger partial charge in [-0.1, -0.05) is 0 Å². The second kappa shape index (κ2) is 4.58. The van der Waals surface area contributed by atoms with Crippen molar-refractivity contribution in [1.29, 1.82) is 0 Å². The fraction of sp³-hybridized carbons (Fsp3) is 0.250. The molecule has 0 unspecified atom stereocenters. The van der Waals surface area contributed by atoms with E-state index in [1.807, 2.05) is 10.8 Å². The Morgan fingerprint density at radius 2 is 2.26 bits per heavy atom. The van der Waals surface area contributed by atoms with Crippen LogP contribution in [0.25, 0.3) is 11.3 Å². The maximum Gasteiger partial charge on any atom is 0.310 e. The van der Waals surface area contributed by atoms with Gasteiger partial charge < -0.3 is 10.0 Å². The molecule has 1 fully saturated rings. The molecule has 0 aliphatic carbocycles. The number of thiophene rings is 1. The number of hydrogen-bond acceptors (Lipinski definition) is 5. The van der Waals surface area contributed by atoms with Gasteiger partial charge in [0.1, 0.15) is 12.0 Å². The summed E-state index contributed by atoms with van der Waals surface area (Å²) in [5.41, 5.74) is 0.964. The molecule has 0 atom stereocenters. The second-order valence-electron chi connectivity index (χ2n) is 4.31. The molecule has 0 saturated carbocycles. The zero-order valence-corrected chi connectivity index (χ0v) is 10.6. The summed E-state index contributed by atoms with van der Waals surface area (Å²) in [6.07, 6.45) is 1.31. The minimum Gasteiger partial charge on any atom is -0.481 e.